The molecular weight excluding hydrogens is 941 g/mol. The van der Waals surface area contributed by atoms with Gasteiger partial charge in [-0.05, 0) is 137 Å². The molecule has 2 aliphatic carbocycles. The molecule has 1 amide bonds. The van der Waals surface area contributed by atoms with Gasteiger partial charge in [0.25, 0.3) is 0 Å². The Hall–Kier alpha value is -6.26. The quantitative estimate of drug-likeness (QED) is 0.117. The predicted molar refractivity (Wildman–Crippen MR) is 285 cm³/mol. The number of nitrogens with two attached hydrogens (primary N) is 1. The van der Waals surface area contributed by atoms with Crippen LogP contribution in [0.4, 0.5) is 11.4 Å². The first-order valence-corrected chi connectivity index (χ1v) is 25.1. The first-order valence-electron chi connectivity index (χ1n) is 27.1. The van der Waals surface area contributed by atoms with Crippen LogP contribution in [-0.4, -0.2) is 76.6 Å². The molecule has 4 N–H and O–H groups in total. The van der Waals surface area contributed by atoms with Crippen molar-refractivity contribution < 1.29 is 58.1 Å². The predicted octanol–water partition coefficient (Wildman–Crippen LogP) is 11.3. The number of nitrogens with zero attached hydrogens (tertiary/aromatic N) is 2. The van der Waals surface area contributed by atoms with Crippen LogP contribution in [0.2, 0.25) is 0 Å². The lowest BCUT2D eigenvalue weighted by Gasteiger charge is -2.24. The second kappa shape index (κ2) is 19.1. The average molecular weight is 1020 g/mol. The van der Waals surface area contributed by atoms with Crippen molar-refractivity contribution in [1.29, 1.82) is 0 Å². The number of benzene rings is 4. The Morgan fingerprint density at radius 3 is 1.51 bits per heavy atom. The number of hydrogen-bond donors (Lipinski definition) is 3. The molecule has 15 heteroatoms. The minimum absolute atomic E-state index is 0. The molecule has 4 aliphatic heterocycles. The molecular formula is C59H74N4O11. The van der Waals surface area contributed by atoms with Crippen LogP contribution < -0.4 is 30.0 Å². The molecule has 4 fully saturated rings. The number of rotatable bonds is 9. The van der Waals surface area contributed by atoms with Gasteiger partial charge in [0.2, 0.25) is 19.4 Å². The summed E-state index contributed by atoms with van der Waals surface area (Å²) in [4.78, 5) is 24.7. The fourth-order valence-corrected chi connectivity index (χ4v) is 10.3. The largest absolute Gasteiger partial charge is 0.481 e. The van der Waals surface area contributed by atoms with Crippen LogP contribution in [0.1, 0.15) is 130 Å². The van der Waals surface area contributed by atoms with Crippen molar-refractivity contribution >= 4 is 45.1 Å². The smallest absolute Gasteiger partial charge is 0.314 e. The zero-order chi connectivity index (χ0) is 55.5. The topological polar surface area (TPSA) is 176 Å². The molecule has 0 unspecified atom stereocenters. The number of carboxylic acid groups (broad SMARTS) is 1. The molecule has 6 aliphatic rings. The minimum Gasteiger partial charge on any atom is -0.481 e. The van der Waals surface area contributed by atoms with E-state index in [9.17, 15) is 9.59 Å². The molecule has 74 heavy (non-hydrogen) atoms. The maximum atomic E-state index is 13.5. The number of ether oxygens (including phenoxy) is 8. The Bertz CT molecular complexity index is 3290. The van der Waals surface area contributed by atoms with E-state index in [0.29, 0.717) is 55.4 Å². The number of fused-ring (bicyclic) bond motifs is 4. The summed E-state index contributed by atoms with van der Waals surface area (Å²) >= 11 is 0. The van der Waals surface area contributed by atoms with Crippen LogP contribution in [0, 0.1) is 0 Å². The summed E-state index contributed by atoms with van der Waals surface area (Å²) in [5.41, 5.74) is 12.2. The molecule has 0 radical (unpaired) electrons. The van der Waals surface area contributed by atoms with Crippen LogP contribution in [0.3, 0.4) is 0 Å². The molecule has 12 rings (SSSR count). The van der Waals surface area contributed by atoms with Crippen molar-refractivity contribution in [2.24, 2.45) is 0 Å². The van der Waals surface area contributed by atoms with Crippen LogP contribution in [-0.2, 0) is 63.3 Å². The first-order chi connectivity index (χ1) is 35.8. The molecule has 15 nitrogen and oxygen atoms in total. The molecule has 0 bridgehead atoms. The highest BCUT2D eigenvalue weighted by Crippen LogP contribution is 2.52. The lowest BCUT2D eigenvalue weighted by Crippen LogP contribution is -2.27. The number of aromatic nitrogens is 2. The van der Waals surface area contributed by atoms with Gasteiger partial charge in [0.05, 0.1) is 37.1 Å². The van der Waals surface area contributed by atoms with E-state index in [4.69, 9.17) is 54.2 Å². The summed E-state index contributed by atoms with van der Waals surface area (Å²) in [7, 11) is 0. The van der Waals surface area contributed by atoms with Crippen molar-refractivity contribution in [3.8, 4) is 23.0 Å². The van der Waals surface area contributed by atoms with Crippen molar-refractivity contribution in [2.45, 2.75) is 161 Å². The number of hydrogen-bond acceptors (Lipinski definition) is 11. The van der Waals surface area contributed by atoms with E-state index in [0.717, 1.165) is 47.2 Å². The van der Waals surface area contributed by atoms with Gasteiger partial charge in [-0.25, -0.2) is 0 Å². The molecule has 2 saturated carbocycles. The van der Waals surface area contributed by atoms with E-state index < -0.39 is 41.9 Å². The number of nitrogen functional groups attached to an aromatic ring is 1. The van der Waals surface area contributed by atoms with Gasteiger partial charge in [-0.15, -0.1) is 0 Å². The highest BCUT2D eigenvalue weighted by atomic mass is 16.7. The third-order valence-electron chi connectivity index (χ3n) is 14.5. The Morgan fingerprint density at radius 1 is 0.635 bits per heavy atom. The zero-order valence-corrected chi connectivity index (χ0v) is 43.4. The standard InChI is InChI=1S/C29H34N2O5.C18H26N2O2.C11H10O4.CH4/c1-27(2,3)25-13-18-12-20(7-8-22(18)31(25)15-21-16-35-28(4,5)36-21)30-26(32)29(10-11-29)19-6-9-23-24(14-19)34-17-33-23;1-17(2,3)16-9-12-8-13(19)6-7-15(12)20(16)10-14-11-21-18(4,5)22-14;12-10(13)11(3-4-11)7-1-2-8-9(5-7)15-6-14-8;/h6-9,12-14,21H,10-11,15-17H2,1-5H3,(H,30,32);6-9,14H,10-11,19H2,1-5H3;1-2,5H,3-4,6H2,(H,12,13);1H4/t21-;14-;;/m11../s1/i17D2;;6D2;. The number of carboxylic acids is 1. The molecule has 2 atom stereocenters. The lowest BCUT2D eigenvalue weighted by atomic mass is 9.92. The first kappa shape index (κ1) is 47.5. The third kappa shape index (κ3) is 10.5. The van der Waals surface area contributed by atoms with Gasteiger partial charge in [0.1, 0.15) is 17.7 Å². The Morgan fingerprint density at radius 2 is 1.08 bits per heavy atom. The van der Waals surface area contributed by atoms with Crippen LogP contribution >= 0.6 is 0 Å². The van der Waals surface area contributed by atoms with Crippen LogP contribution in [0.5, 0.6) is 23.0 Å². The molecule has 2 saturated heterocycles. The van der Waals surface area contributed by atoms with Gasteiger partial charge < -0.3 is 63.2 Å². The minimum atomic E-state index is -2.19. The van der Waals surface area contributed by atoms with E-state index in [1.165, 1.54) is 22.3 Å². The second-order valence-electron chi connectivity index (χ2n) is 23.1. The molecule has 6 heterocycles. The number of aliphatic carboxylic acids is 1. The Balaban J connectivity index is 0.000000156. The summed E-state index contributed by atoms with van der Waals surface area (Å²) in [6.07, 6.45) is 2.69. The molecule has 2 aromatic heterocycles. The summed E-state index contributed by atoms with van der Waals surface area (Å²) < 4.78 is 78.5. The van der Waals surface area contributed by atoms with E-state index >= 15 is 0 Å². The number of nitrogens with one attached hydrogen (secondary N) is 1. The summed E-state index contributed by atoms with van der Waals surface area (Å²) in [6.45, 7) is 19.4. The second-order valence-corrected chi connectivity index (χ2v) is 23.1. The van der Waals surface area contributed by atoms with Gasteiger partial charge >= 0.3 is 5.97 Å². The number of carbonyl (C=O) groups excluding carboxylic acids is 1. The highest BCUT2D eigenvalue weighted by molar-refractivity contribution is 6.02. The molecule has 4 aromatic carbocycles. The highest BCUT2D eigenvalue weighted by Gasteiger charge is 2.53. The fraction of sp³-hybridized carbons (Fsp3) is 0.492. The van der Waals surface area contributed by atoms with E-state index in [1.54, 1.807) is 30.3 Å². The van der Waals surface area contributed by atoms with Crippen molar-refractivity contribution in [3.63, 3.8) is 0 Å². The summed E-state index contributed by atoms with van der Waals surface area (Å²) in [5.74, 6) is -0.746. The molecule has 0 spiro atoms. The normalized spacial score (nSPS) is 23.2. The number of carbonyl (C=O) groups is 2. The van der Waals surface area contributed by atoms with Gasteiger partial charge in [-0.3, -0.25) is 9.59 Å². The summed E-state index contributed by atoms with van der Waals surface area (Å²) in [5, 5.41) is 14.5. The van der Waals surface area contributed by atoms with Crippen LogP contribution in [0.25, 0.3) is 21.8 Å². The van der Waals surface area contributed by atoms with Crippen molar-refractivity contribution in [2.75, 3.05) is 37.8 Å². The molecule has 396 valence electrons. The van der Waals surface area contributed by atoms with Crippen molar-refractivity contribution in [1.82, 2.24) is 9.13 Å². The summed E-state index contributed by atoms with van der Waals surface area (Å²) in [6, 6.07) is 26.6. The van der Waals surface area contributed by atoms with Gasteiger partial charge in [-0.2, -0.15) is 0 Å². The zero-order valence-electron chi connectivity index (χ0n) is 47.4. The van der Waals surface area contributed by atoms with E-state index in [2.05, 4.69) is 80.3 Å². The number of amides is 1. The van der Waals surface area contributed by atoms with Crippen molar-refractivity contribution in [3.05, 3.63) is 107 Å². The molecule has 6 aromatic rings. The van der Waals surface area contributed by atoms with Gasteiger partial charge in [0, 0.05) is 55.4 Å². The van der Waals surface area contributed by atoms with E-state index in [-0.39, 0.29) is 42.1 Å². The SMILES string of the molecule is C.CC1(C)OC[C@@H](Cn2c(C(C)(C)C)cc3cc(N)ccc32)O1.[2H]C1([2H])Oc2ccc(C3(C(=O)Nc4ccc5c(c4)cc(C(C)(C)C)n5C[C@@H]4COC(C)(C)O4)CC3)cc2O1.[2H]C1([2H])Oc2ccc(C3(C(=O)O)CC3)cc2O1. The lowest BCUT2D eigenvalue weighted by molar-refractivity contribution is -0.140. The monoisotopic (exact) mass is 1020 g/mol. The van der Waals surface area contributed by atoms with Gasteiger partial charge in [-0.1, -0.05) is 61.1 Å². The van der Waals surface area contributed by atoms with Gasteiger partial charge in [0.15, 0.2) is 34.6 Å². The fourth-order valence-electron chi connectivity index (χ4n) is 10.3. The maximum absolute atomic E-state index is 13.5. The third-order valence-corrected chi connectivity index (χ3v) is 14.5. The van der Waals surface area contributed by atoms with E-state index in [1.807, 2.05) is 58.0 Å². The number of anilines is 2. The van der Waals surface area contributed by atoms with Crippen LogP contribution in [0.15, 0.2) is 84.9 Å². The Kier molecular flexibility index (Phi) is 12.3. The average Bonchev–Trinajstić information content (AvgIpc) is 4.06. The Labute approximate surface area is 440 Å². The maximum Gasteiger partial charge on any atom is 0.314 e.